The predicted octanol–water partition coefficient (Wildman–Crippen LogP) is 3.48. The van der Waals surface area contributed by atoms with Gasteiger partial charge in [0.2, 0.25) is 0 Å². The number of carbonyl (C=O) groups is 1. The summed E-state index contributed by atoms with van der Waals surface area (Å²) < 4.78 is 0. The highest BCUT2D eigenvalue weighted by molar-refractivity contribution is 5.95. The molecule has 1 atom stereocenters. The van der Waals surface area contributed by atoms with E-state index >= 15 is 0 Å². The van der Waals surface area contributed by atoms with E-state index in [4.69, 9.17) is 5.73 Å². The molecule has 3 rings (SSSR count). The number of hydrogen-bond donors (Lipinski definition) is 1. The summed E-state index contributed by atoms with van der Waals surface area (Å²) >= 11 is 0. The number of rotatable bonds is 4. The Balaban J connectivity index is 1.74. The molecule has 2 N–H and O–H groups in total. The molecule has 0 aromatic heterocycles. The van der Waals surface area contributed by atoms with Gasteiger partial charge in [0, 0.05) is 24.7 Å². The van der Waals surface area contributed by atoms with Crippen molar-refractivity contribution in [2.45, 2.75) is 32.2 Å². The van der Waals surface area contributed by atoms with Gasteiger partial charge in [0.15, 0.2) is 0 Å². The minimum atomic E-state index is 0.157. The zero-order chi connectivity index (χ0) is 16.9. The smallest absolute Gasteiger partial charge is 0.254 e. The van der Waals surface area contributed by atoms with Crippen LogP contribution in [0.2, 0.25) is 0 Å². The van der Waals surface area contributed by atoms with Gasteiger partial charge in [0.25, 0.3) is 5.91 Å². The van der Waals surface area contributed by atoms with E-state index in [0.717, 1.165) is 43.5 Å². The first-order chi connectivity index (χ1) is 11.6. The number of piperidine rings is 1. The standard InChI is InChI=1S/C21H26N2O/c1-16(22)18-11-13-23(14-12-18)21(24)20-10-6-5-9-19(20)15-17-7-3-2-4-8-17/h2-10,16,18H,11-15,22H2,1H3. The topological polar surface area (TPSA) is 46.3 Å². The SMILES string of the molecule is CC(N)C1CCN(C(=O)c2ccccc2Cc2ccccc2)CC1. The van der Waals surface area contributed by atoms with E-state index in [0.29, 0.717) is 5.92 Å². The molecule has 3 nitrogen and oxygen atoms in total. The van der Waals surface area contributed by atoms with E-state index in [9.17, 15) is 4.79 Å². The summed E-state index contributed by atoms with van der Waals surface area (Å²) in [6.07, 6.45) is 2.80. The Morgan fingerprint density at radius 2 is 1.71 bits per heavy atom. The quantitative estimate of drug-likeness (QED) is 0.937. The van der Waals surface area contributed by atoms with Crippen molar-refractivity contribution in [1.29, 1.82) is 0 Å². The number of carbonyl (C=O) groups excluding carboxylic acids is 1. The first kappa shape index (κ1) is 16.7. The Morgan fingerprint density at radius 1 is 1.08 bits per heavy atom. The first-order valence-corrected chi connectivity index (χ1v) is 8.82. The van der Waals surface area contributed by atoms with Crippen molar-refractivity contribution in [2.24, 2.45) is 11.7 Å². The molecule has 0 aliphatic carbocycles. The normalized spacial score (nSPS) is 16.8. The van der Waals surface area contributed by atoms with E-state index in [1.54, 1.807) is 0 Å². The Kier molecular flexibility index (Phi) is 5.31. The summed E-state index contributed by atoms with van der Waals surface area (Å²) in [5, 5.41) is 0. The molecule has 1 saturated heterocycles. The van der Waals surface area contributed by atoms with E-state index in [1.807, 2.05) is 41.3 Å². The van der Waals surface area contributed by atoms with E-state index in [2.05, 4.69) is 25.1 Å². The van der Waals surface area contributed by atoms with Crippen LogP contribution >= 0.6 is 0 Å². The molecule has 2 aromatic carbocycles. The van der Waals surface area contributed by atoms with Crippen LogP contribution in [-0.4, -0.2) is 29.9 Å². The number of benzene rings is 2. The maximum Gasteiger partial charge on any atom is 0.254 e. The fourth-order valence-corrected chi connectivity index (χ4v) is 3.50. The summed E-state index contributed by atoms with van der Waals surface area (Å²) in [5.74, 6) is 0.693. The van der Waals surface area contributed by atoms with Crippen LogP contribution in [0.5, 0.6) is 0 Å². The second-order valence-electron chi connectivity index (χ2n) is 6.81. The van der Waals surface area contributed by atoms with Gasteiger partial charge < -0.3 is 10.6 Å². The minimum absolute atomic E-state index is 0.157. The molecule has 1 heterocycles. The summed E-state index contributed by atoms with van der Waals surface area (Å²) in [4.78, 5) is 15.0. The lowest BCUT2D eigenvalue weighted by molar-refractivity contribution is 0.0680. The van der Waals surface area contributed by atoms with Crippen molar-refractivity contribution in [3.63, 3.8) is 0 Å². The first-order valence-electron chi connectivity index (χ1n) is 8.82. The lowest BCUT2D eigenvalue weighted by Gasteiger charge is -2.34. The Hall–Kier alpha value is -2.13. The van der Waals surface area contributed by atoms with Crippen LogP contribution in [0.15, 0.2) is 54.6 Å². The van der Waals surface area contributed by atoms with Gasteiger partial charge in [0.05, 0.1) is 0 Å². The molecule has 1 unspecified atom stereocenters. The number of amides is 1. The Labute approximate surface area is 144 Å². The van der Waals surface area contributed by atoms with Crippen LogP contribution in [0.1, 0.15) is 41.3 Å². The van der Waals surface area contributed by atoms with Crippen molar-refractivity contribution >= 4 is 5.91 Å². The van der Waals surface area contributed by atoms with Gasteiger partial charge >= 0.3 is 0 Å². The van der Waals surface area contributed by atoms with Crippen LogP contribution in [0.25, 0.3) is 0 Å². The molecule has 3 heteroatoms. The molecule has 0 spiro atoms. The monoisotopic (exact) mass is 322 g/mol. The largest absolute Gasteiger partial charge is 0.339 e. The van der Waals surface area contributed by atoms with Crippen LogP contribution in [0.4, 0.5) is 0 Å². The maximum atomic E-state index is 13.0. The molecule has 0 bridgehead atoms. The second kappa shape index (κ2) is 7.63. The third-order valence-corrected chi connectivity index (χ3v) is 5.06. The number of hydrogen-bond acceptors (Lipinski definition) is 2. The van der Waals surface area contributed by atoms with Gasteiger partial charge in [-0.25, -0.2) is 0 Å². The highest BCUT2D eigenvalue weighted by Gasteiger charge is 2.26. The van der Waals surface area contributed by atoms with Gasteiger partial charge in [-0.2, -0.15) is 0 Å². The summed E-state index contributed by atoms with van der Waals surface area (Å²) in [5.41, 5.74) is 9.17. The highest BCUT2D eigenvalue weighted by Crippen LogP contribution is 2.23. The second-order valence-corrected chi connectivity index (χ2v) is 6.81. The maximum absolute atomic E-state index is 13.0. The lowest BCUT2D eigenvalue weighted by atomic mass is 9.90. The van der Waals surface area contributed by atoms with E-state index in [1.165, 1.54) is 5.56 Å². The van der Waals surface area contributed by atoms with Crippen LogP contribution in [0.3, 0.4) is 0 Å². The molecule has 24 heavy (non-hydrogen) atoms. The number of nitrogens with two attached hydrogens (primary N) is 1. The Bertz CT molecular complexity index is 673. The average Bonchev–Trinajstić information content (AvgIpc) is 2.62. The molecule has 1 aliphatic heterocycles. The zero-order valence-electron chi connectivity index (χ0n) is 14.3. The Morgan fingerprint density at radius 3 is 2.38 bits per heavy atom. The number of nitrogens with zero attached hydrogens (tertiary/aromatic N) is 1. The van der Waals surface area contributed by atoms with Crippen LogP contribution in [0, 0.1) is 5.92 Å². The molecular formula is C21H26N2O. The molecule has 0 radical (unpaired) electrons. The van der Waals surface area contributed by atoms with E-state index in [-0.39, 0.29) is 11.9 Å². The van der Waals surface area contributed by atoms with Crippen molar-refractivity contribution in [3.8, 4) is 0 Å². The summed E-state index contributed by atoms with van der Waals surface area (Å²) in [6, 6.07) is 18.5. The lowest BCUT2D eigenvalue weighted by Crippen LogP contribution is -2.42. The van der Waals surface area contributed by atoms with Crippen LogP contribution in [-0.2, 0) is 6.42 Å². The zero-order valence-corrected chi connectivity index (χ0v) is 14.3. The third-order valence-electron chi connectivity index (χ3n) is 5.06. The molecule has 1 fully saturated rings. The third kappa shape index (κ3) is 3.85. The van der Waals surface area contributed by atoms with Gasteiger partial charge in [-0.05, 0) is 49.3 Å². The van der Waals surface area contributed by atoms with Crippen molar-refractivity contribution in [1.82, 2.24) is 4.90 Å². The fraction of sp³-hybridized carbons (Fsp3) is 0.381. The summed E-state index contributed by atoms with van der Waals surface area (Å²) in [6.45, 7) is 3.69. The van der Waals surface area contributed by atoms with Crippen LogP contribution < -0.4 is 5.73 Å². The van der Waals surface area contributed by atoms with Crippen molar-refractivity contribution in [3.05, 3.63) is 71.3 Å². The van der Waals surface area contributed by atoms with Crippen molar-refractivity contribution in [2.75, 3.05) is 13.1 Å². The average molecular weight is 322 g/mol. The van der Waals surface area contributed by atoms with Gasteiger partial charge in [-0.3, -0.25) is 4.79 Å². The van der Waals surface area contributed by atoms with Gasteiger partial charge in [-0.1, -0.05) is 48.5 Å². The molecular weight excluding hydrogens is 296 g/mol. The van der Waals surface area contributed by atoms with Gasteiger partial charge in [0.1, 0.15) is 0 Å². The van der Waals surface area contributed by atoms with Gasteiger partial charge in [-0.15, -0.1) is 0 Å². The molecule has 1 amide bonds. The fourth-order valence-electron chi connectivity index (χ4n) is 3.50. The molecule has 126 valence electrons. The molecule has 2 aromatic rings. The van der Waals surface area contributed by atoms with E-state index < -0.39 is 0 Å². The summed E-state index contributed by atoms with van der Waals surface area (Å²) in [7, 11) is 0. The molecule has 1 aliphatic rings. The highest BCUT2D eigenvalue weighted by atomic mass is 16.2. The number of likely N-dealkylation sites (tertiary alicyclic amines) is 1. The molecule has 0 saturated carbocycles. The minimum Gasteiger partial charge on any atom is -0.339 e. The van der Waals surface area contributed by atoms with Crippen molar-refractivity contribution < 1.29 is 4.79 Å². The predicted molar refractivity (Wildman–Crippen MR) is 98.0 cm³/mol.